The highest BCUT2D eigenvalue weighted by molar-refractivity contribution is 7.97. The zero-order chi connectivity index (χ0) is 18.2. The fourth-order valence-corrected chi connectivity index (χ4v) is 2.78. The third-order valence-corrected chi connectivity index (χ3v) is 4.02. The van der Waals surface area contributed by atoms with Gasteiger partial charge < -0.3 is 14.8 Å². The van der Waals surface area contributed by atoms with Crippen LogP contribution in [0.25, 0.3) is 0 Å². The highest BCUT2D eigenvalue weighted by atomic mass is 32.2. The molecule has 0 fully saturated rings. The van der Waals surface area contributed by atoms with E-state index < -0.39 is 6.61 Å². The number of rotatable bonds is 8. The Hall–Kier alpha value is -2.28. The van der Waals surface area contributed by atoms with Gasteiger partial charge in [-0.2, -0.15) is 20.5 Å². The number of carbonyl (C=O) groups is 1. The average molecular weight is 367 g/mol. The summed E-state index contributed by atoms with van der Waals surface area (Å²) in [5.41, 5.74) is 2.37. The molecule has 0 unspecified atom stereocenters. The van der Waals surface area contributed by atoms with Crippen molar-refractivity contribution < 1.29 is 23.0 Å². The average Bonchev–Trinajstić information content (AvgIpc) is 2.60. The Morgan fingerprint density at radius 3 is 2.64 bits per heavy atom. The van der Waals surface area contributed by atoms with Gasteiger partial charge in [0.25, 0.3) is 5.91 Å². The Bertz CT molecular complexity index is 725. The summed E-state index contributed by atoms with van der Waals surface area (Å²) in [6, 6.07) is 12.0. The van der Waals surface area contributed by atoms with Crippen LogP contribution in [0.4, 0.5) is 8.78 Å². The molecule has 0 saturated carbocycles. The molecule has 134 valence electrons. The molecule has 1 N–H and O–H groups in total. The van der Waals surface area contributed by atoms with Gasteiger partial charge in [-0.15, -0.1) is 0 Å². The Morgan fingerprint density at radius 2 is 1.96 bits per heavy atom. The monoisotopic (exact) mass is 367 g/mol. The maximum atomic E-state index is 12.3. The number of nitrogens with one attached hydrogen (secondary N) is 1. The second kappa shape index (κ2) is 9.27. The van der Waals surface area contributed by atoms with E-state index in [1.165, 1.54) is 13.2 Å². The predicted molar refractivity (Wildman–Crippen MR) is 94.5 cm³/mol. The normalized spacial score (nSPS) is 10.6. The summed E-state index contributed by atoms with van der Waals surface area (Å²) in [6.45, 7) is -2.68. The number of thioether (sulfide) groups is 1. The number of hydrogen-bond donors (Lipinski definition) is 1. The van der Waals surface area contributed by atoms with Crippen LogP contribution in [0.2, 0.25) is 0 Å². The first-order valence-corrected chi connectivity index (χ1v) is 8.90. The largest absolute Gasteiger partial charge is 0.493 e. The second-order valence-corrected chi connectivity index (χ2v) is 6.05. The minimum atomic E-state index is -2.92. The molecule has 2 aromatic carbocycles. The number of ether oxygens (including phenoxy) is 2. The Labute approximate surface area is 149 Å². The van der Waals surface area contributed by atoms with Gasteiger partial charge in [0.05, 0.1) is 7.11 Å². The lowest BCUT2D eigenvalue weighted by Crippen LogP contribution is -2.22. The van der Waals surface area contributed by atoms with Crippen LogP contribution in [-0.4, -0.2) is 25.9 Å². The predicted octanol–water partition coefficient (Wildman–Crippen LogP) is 4.09. The van der Waals surface area contributed by atoms with Gasteiger partial charge in [-0.25, -0.2) is 0 Å². The van der Waals surface area contributed by atoms with Crippen LogP contribution >= 0.6 is 11.8 Å². The van der Waals surface area contributed by atoms with Gasteiger partial charge in [0, 0.05) is 17.9 Å². The van der Waals surface area contributed by atoms with E-state index in [9.17, 15) is 13.6 Å². The van der Waals surface area contributed by atoms with Crippen molar-refractivity contribution in [1.82, 2.24) is 5.32 Å². The minimum absolute atomic E-state index is 0.0441. The number of benzene rings is 2. The molecule has 4 nitrogen and oxygen atoms in total. The third-order valence-electron chi connectivity index (χ3n) is 3.40. The van der Waals surface area contributed by atoms with Crippen molar-refractivity contribution in [3.05, 3.63) is 59.2 Å². The van der Waals surface area contributed by atoms with Crippen molar-refractivity contribution in [3.63, 3.8) is 0 Å². The Balaban J connectivity index is 2.03. The maximum Gasteiger partial charge on any atom is 0.387 e. The summed E-state index contributed by atoms with van der Waals surface area (Å²) in [6.07, 6.45) is 2.00. The summed E-state index contributed by atoms with van der Waals surface area (Å²) in [5.74, 6) is 0.783. The molecule has 25 heavy (non-hydrogen) atoms. The Kier molecular flexibility index (Phi) is 7.06. The number of alkyl halides is 2. The summed E-state index contributed by atoms with van der Waals surface area (Å²) in [7, 11) is 1.37. The molecule has 0 aliphatic carbocycles. The van der Waals surface area contributed by atoms with Crippen LogP contribution in [0.3, 0.4) is 0 Å². The van der Waals surface area contributed by atoms with Gasteiger partial charge in [-0.3, -0.25) is 4.79 Å². The smallest absolute Gasteiger partial charge is 0.387 e. The van der Waals surface area contributed by atoms with Crippen molar-refractivity contribution in [3.8, 4) is 11.5 Å². The van der Waals surface area contributed by atoms with E-state index in [0.717, 1.165) is 11.3 Å². The molecule has 0 aliphatic heterocycles. The van der Waals surface area contributed by atoms with Gasteiger partial charge in [0.1, 0.15) is 0 Å². The topological polar surface area (TPSA) is 47.6 Å². The zero-order valence-corrected chi connectivity index (χ0v) is 14.7. The molecule has 0 radical (unpaired) electrons. The van der Waals surface area contributed by atoms with Crippen LogP contribution in [0.15, 0.2) is 42.5 Å². The van der Waals surface area contributed by atoms with Crippen LogP contribution < -0.4 is 14.8 Å². The molecule has 7 heteroatoms. The summed E-state index contributed by atoms with van der Waals surface area (Å²) >= 11 is 1.68. The van der Waals surface area contributed by atoms with E-state index in [1.54, 1.807) is 30.0 Å². The van der Waals surface area contributed by atoms with Gasteiger partial charge in [0.15, 0.2) is 11.5 Å². The van der Waals surface area contributed by atoms with Crippen molar-refractivity contribution in [1.29, 1.82) is 0 Å². The van der Waals surface area contributed by atoms with Crippen LogP contribution in [0, 0.1) is 0 Å². The first-order valence-electron chi connectivity index (χ1n) is 7.51. The standard InChI is InChI=1S/C18H19F2NO3S/c1-23-16-9-12(6-7-15(16)24-18(19)20)10-21-17(22)14-5-3-4-13(8-14)11-25-2/h3-9,18H,10-11H2,1-2H3,(H,21,22). The van der Waals surface area contributed by atoms with Crippen molar-refractivity contribution in [2.75, 3.05) is 13.4 Å². The van der Waals surface area contributed by atoms with E-state index in [2.05, 4.69) is 10.1 Å². The SMILES string of the molecule is COc1cc(CNC(=O)c2cccc(CSC)c2)ccc1OC(F)F. The lowest BCUT2D eigenvalue weighted by Gasteiger charge is -2.12. The fraction of sp³-hybridized carbons (Fsp3) is 0.278. The van der Waals surface area contributed by atoms with E-state index in [4.69, 9.17) is 4.74 Å². The zero-order valence-electron chi connectivity index (χ0n) is 13.9. The highest BCUT2D eigenvalue weighted by Gasteiger charge is 2.12. The first-order chi connectivity index (χ1) is 12.0. The molecular weight excluding hydrogens is 348 g/mol. The van der Waals surface area contributed by atoms with Crippen LogP contribution in [0.5, 0.6) is 11.5 Å². The summed E-state index contributed by atoms with van der Waals surface area (Å²) in [5, 5.41) is 2.81. The van der Waals surface area contributed by atoms with Crippen LogP contribution in [0.1, 0.15) is 21.5 Å². The quantitative estimate of drug-likeness (QED) is 0.763. The summed E-state index contributed by atoms with van der Waals surface area (Å²) in [4.78, 5) is 12.3. The third kappa shape index (κ3) is 5.63. The van der Waals surface area contributed by atoms with E-state index >= 15 is 0 Å². The molecule has 0 spiro atoms. The van der Waals surface area contributed by atoms with Gasteiger partial charge >= 0.3 is 6.61 Å². The lowest BCUT2D eigenvalue weighted by atomic mass is 10.1. The second-order valence-electron chi connectivity index (χ2n) is 5.18. The molecule has 2 rings (SSSR count). The minimum Gasteiger partial charge on any atom is -0.493 e. The molecule has 2 aromatic rings. The molecule has 0 aromatic heterocycles. The van der Waals surface area contributed by atoms with E-state index in [-0.39, 0.29) is 24.0 Å². The number of halogens is 2. The maximum absolute atomic E-state index is 12.3. The Morgan fingerprint density at radius 1 is 1.16 bits per heavy atom. The lowest BCUT2D eigenvalue weighted by molar-refractivity contribution is -0.0512. The molecule has 0 aliphatic rings. The number of amides is 1. The number of hydrogen-bond acceptors (Lipinski definition) is 4. The van der Waals surface area contributed by atoms with E-state index in [1.807, 2.05) is 24.5 Å². The molecule has 0 heterocycles. The van der Waals surface area contributed by atoms with E-state index in [0.29, 0.717) is 11.1 Å². The van der Waals surface area contributed by atoms with Crippen molar-refractivity contribution in [2.45, 2.75) is 18.9 Å². The van der Waals surface area contributed by atoms with Crippen LogP contribution in [-0.2, 0) is 12.3 Å². The molecule has 0 atom stereocenters. The first kappa shape index (κ1) is 19.1. The van der Waals surface area contributed by atoms with Crippen molar-refractivity contribution >= 4 is 17.7 Å². The number of methoxy groups -OCH3 is 1. The molecule has 0 bridgehead atoms. The number of carbonyl (C=O) groups excluding carboxylic acids is 1. The molecule has 0 saturated heterocycles. The fourth-order valence-electron chi connectivity index (χ4n) is 2.27. The van der Waals surface area contributed by atoms with Gasteiger partial charge in [-0.05, 0) is 41.6 Å². The van der Waals surface area contributed by atoms with Gasteiger partial charge in [-0.1, -0.05) is 18.2 Å². The molecular formula is C18H19F2NO3S. The van der Waals surface area contributed by atoms with Gasteiger partial charge in [0.2, 0.25) is 0 Å². The highest BCUT2D eigenvalue weighted by Crippen LogP contribution is 2.29. The molecule has 1 amide bonds. The van der Waals surface area contributed by atoms with Crippen molar-refractivity contribution in [2.24, 2.45) is 0 Å². The summed E-state index contributed by atoms with van der Waals surface area (Å²) < 4.78 is 34.1.